The molecule has 5 atom stereocenters. The van der Waals surface area contributed by atoms with Crippen molar-refractivity contribution in [2.75, 3.05) is 33.4 Å². The first-order chi connectivity index (χ1) is 14.1. The van der Waals surface area contributed by atoms with Gasteiger partial charge in [0.25, 0.3) is 0 Å². The number of carbonyl (C=O) groups excluding carboxylic acids is 1. The Balaban J connectivity index is 1.75. The van der Waals surface area contributed by atoms with Gasteiger partial charge in [-0.15, -0.1) is 6.58 Å². The molecule has 0 saturated carbocycles. The van der Waals surface area contributed by atoms with Crippen LogP contribution in [0.4, 0.5) is 0 Å². The number of hydrogen-bond acceptors (Lipinski definition) is 4. The Hall–Kier alpha value is -2.24. The van der Waals surface area contributed by atoms with Crippen molar-refractivity contribution in [3.8, 4) is 0 Å². The highest BCUT2D eigenvalue weighted by molar-refractivity contribution is 5.82. The zero-order valence-electron chi connectivity index (χ0n) is 17.4. The van der Waals surface area contributed by atoms with Gasteiger partial charge < -0.3 is 14.0 Å². The predicted molar refractivity (Wildman–Crippen MR) is 113 cm³/mol. The fourth-order valence-corrected chi connectivity index (χ4v) is 5.68. The van der Waals surface area contributed by atoms with Gasteiger partial charge >= 0.3 is 5.97 Å². The van der Waals surface area contributed by atoms with Crippen molar-refractivity contribution in [1.82, 2.24) is 4.98 Å². The fraction of sp³-hybridized carbons (Fsp3) is 0.500. The van der Waals surface area contributed by atoms with Crippen molar-refractivity contribution in [2.24, 2.45) is 11.8 Å². The molecule has 0 unspecified atom stereocenters. The van der Waals surface area contributed by atoms with E-state index < -0.39 is 0 Å². The van der Waals surface area contributed by atoms with Crippen molar-refractivity contribution in [3.63, 3.8) is 0 Å². The number of carbonyl (C=O) groups is 1. The molecule has 3 saturated heterocycles. The fourth-order valence-electron chi connectivity index (χ4n) is 5.68. The summed E-state index contributed by atoms with van der Waals surface area (Å²) in [5, 5.41) is 1.12. The van der Waals surface area contributed by atoms with Crippen LogP contribution in [-0.2, 0) is 14.3 Å². The van der Waals surface area contributed by atoms with Gasteiger partial charge in [0.05, 0.1) is 25.2 Å². The third-order valence-corrected chi connectivity index (χ3v) is 7.02. The molecule has 1 aromatic heterocycles. The number of nitrogens with zero attached hydrogens (tertiary/aromatic N) is 2. The zero-order chi connectivity index (χ0) is 20.4. The lowest BCUT2D eigenvalue weighted by atomic mass is 9.71. The van der Waals surface area contributed by atoms with Gasteiger partial charge in [0.1, 0.15) is 12.1 Å². The summed E-state index contributed by atoms with van der Waals surface area (Å²) < 4.78 is 12.2. The molecule has 0 N–H and O–H groups in total. The molecule has 0 amide bonds. The Kier molecular flexibility index (Phi) is 5.70. The van der Waals surface area contributed by atoms with Gasteiger partial charge in [-0.05, 0) is 30.5 Å². The van der Waals surface area contributed by atoms with E-state index in [9.17, 15) is 4.79 Å². The van der Waals surface area contributed by atoms with Crippen LogP contribution in [0, 0.1) is 11.8 Å². The molecule has 1 aromatic carbocycles. The van der Waals surface area contributed by atoms with Crippen LogP contribution in [-0.4, -0.2) is 54.8 Å². The predicted octanol–water partition coefficient (Wildman–Crippen LogP) is 3.90. The van der Waals surface area contributed by atoms with Gasteiger partial charge in [0.2, 0.25) is 0 Å². The average Bonchev–Trinajstić information content (AvgIpc) is 2.75. The lowest BCUT2D eigenvalue weighted by molar-refractivity contribution is -0.967. The summed E-state index contributed by atoms with van der Waals surface area (Å²) in [6, 6.07) is 10.5. The van der Waals surface area contributed by atoms with E-state index in [1.54, 1.807) is 7.11 Å². The highest BCUT2D eigenvalue weighted by Crippen LogP contribution is 2.47. The van der Waals surface area contributed by atoms with Gasteiger partial charge in [-0.1, -0.05) is 24.3 Å². The second-order valence-electron chi connectivity index (χ2n) is 8.41. The highest BCUT2D eigenvalue weighted by atomic mass is 16.5. The summed E-state index contributed by atoms with van der Waals surface area (Å²) in [4.78, 5) is 17.1. The Morgan fingerprint density at radius 1 is 1.38 bits per heavy atom. The molecule has 0 aliphatic carbocycles. The summed E-state index contributed by atoms with van der Waals surface area (Å²) in [6.45, 7) is 8.68. The third kappa shape index (κ3) is 3.58. The van der Waals surface area contributed by atoms with Crippen LogP contribution >= 0.6 is 0 Å². The van der Waals surface area contributed by atoms with Crippen molar-refractivity contribution < 1.29 is 18.8 Å². The number of quaternary nitrogens is 1. The number of fused-ring (bicyclic) bond motifs is 4. The molecule has 5 heteroatoms. The minimum atomic E-state index is -0.116. The molecular weight excluding hydrogens is 364 g/mol. The van der Waals surface area contributed by atoms with Crippen molar-refractivity contribution in [3.05, 3.63) is 54.7 Å². The van der Waals surface area contributed by atoms with E-state index in [4.69, 9.17) is 9.47 Å². The Morgan fingerprint density at radius 2 is 2.21 bits per heavy atom. The molecule has 2 bridgehead atoms. The van der Waals surface area contributed by atoms with E-state index in [2.05, 4.69) is 29.8 Å². The van der Waals surface area contributed by atoms with Crippen molar-refractivity contribution in [2.45, 2.75) is 31.9 Å². The summed E-state index contributed by atoms with van der Waals surface area (Å²) in [7, 11) is 1.79. The monoisotopic (exact) mass is 395 g/mol. The maximum atomic E-state index is 12.6. The molecular formula is C24H31N2O3+. The number of methoxy groups -OCH3 is 1. The van der Waals surface area contributed by atoms with E-state index in [1.807, 2.05) is 31.3 Å². The van der Waals surface area contributed by atoms with Crippen LogP contribution in [0.15, 0.2) is 49.2 Å². The number of aromatic nitrogens is 1. The number of pyridine rings is 1. The van der Waals surface area contributed by atoms with Crippen LogP contribution in [0.1, 0.15) is 31.4 Å². The van der Waals surface area contributed by atoms with Gasteiger partial charge in [0.15, 0.2) is 6.54 Å². The van der Waals surface area contributed by atoms with Gasteiger partial charge in [-0.2, -0.15) is 0 Å². The molecule has 3 aliphatic rings. The first kappa shape index (κ1) is 20.0. The first-order valence-electron chi connectivity index (χ1n) is 10.6. The summed E-state index contributed by atoms with van der Waals surface area (Å²) in [5.74, 6) is 0.932. The molecule has 154 valence electrons. The quantitative estimate of drug-likeness (QED) is 0.405. The lowest BCUT2D eigenvalue weighted by Gasteiger charge is -2.57. The minimum absolute atomic E-state index is 0.0918. The molecule has 3 fully saturated rings. The van der Waals surface area contributed by atoms with Crippen molar-refractivity contribution in [1.29, 1.82) is 0 Å². The van der Waals surface area contributed by atoms with Gasteiger partial charge in [0, 0.05) is 37.5 Å². The molecule has 5 nitrogen and oxygen atoms in total. The number of esters is 1. The molecule has 5 rings (SSSR count). The average molecular weight is 396 g/mol. The van der Waals surface area contributed by atoms with Gasteiger partial charge in [-0.25, -0.2) is 4.79 Å². The molecule has 0 spiro atoms. The van der Waals surface area contributed by atoms with E-state index >= 15 is 0 Å². The number of benzene rings is 1. The zero-order valence-corrected chi connectivity index (χ0v) is 17.4. The van der Waals surface area contributed by atoms with Crippen molar-refractivity contribution >= 4 is 16.9 Å². The summed E-state index contributed by atoms with van der Waals surface area (Å²) in [6.07, 6.45) is 6.01. The first-order valence-corrected chi connectivity index (χ1v) is 10.6. The van der Waals surface area contributed by atoms with Crippen LogP contribution in [0.2, 0.25) is 0 Å². The highest BCUT2D eigenvalue weighted by Gasteiger charge is 2.55. The second-order valence-corrected chi connectivity index (χ2v) is 8.41. The second kappa shape index (κ2) is 8.25. The normalized spacial score (nSPS) is 29.5. The number of para-hydroxylation sites is 1. The molecule has 2 aromatic rings. The Labute approximate surface area is 172 Å². The standard InChI is InChI=1S/C24H31N2O3/c1-4-17-15-26(16-23(27)29-5-2)13-11-18(17)14-22(26)24(28-3)20-10-12-25-21-9-7-6-8-19(20)21/h4,6-10,12,17-18,22,24H,1,5,11,13-16H2,2-3H3/q+1/t17-,18-,22-,24+,26-/m0/s1. The summed E-state index contributed by atoms with van der Waals surface area (Å²) in [5.41, 5.74) is 2.14. The molecule has 3 aliphatic heterocycles. The number of ether oxygens (including phenoxy) is 2. The SMILES string of the molecule is C=C[C@H]1C[N@+]2(CC(=O)OCC)CC[C@H]1C[C@H]2[C@H](OC)c1ccnc2ccccc12. The number of rotatable bonds is 7. The maximum absolute atomic E-state index is 12.6. The lowest BCUT2D eigenvalue weighted by Crippen LogP contribution is -2.69. The van der Waals surface area contributed by atoms with E-state index in [0.717, 1.165) is 46.9 Å². The van der Waals surface area contributed by atoms with E-state index in [1.165, 1.54) is 0 Å². The molecule has 4 heterocycles. The number of hydrogen-bond donors (Lipinski definition) is 0. The topological polar surface area (TPSA) is 48.4 Å². The Bertz CT molecular complexity index is 893. The summed E-state index contributed by atoms with van der Waals surface area (Å²) >= 11 is 0. The minimum Gasteiger partial charge on any atom is -0.462 e. The third-order valence-electron chi connectivity index (χ3n) is 7.02. The largest absolute Gasteiger partial charge is 0.462 e. The van der Waals surface area contributed by atoms with E-state index in [-0.39, 0.29) is 18.1 Å². The Morgan fingerprint density at radius 3 is 2.97 bits per heavy atom. The molecule has 0 radical (unpaired) electrons. The van der Waals surface area contributed by atoms with Crippen LogP contribution in [0.25, 0.3) is 10.9 Å². The van der Waals surface area contributed by atoms with Crippen LogP contribution in [0.3, 0.4) is 0 Å². The van der Waals surface area contributed by atoms with Crippen LogP contribution in [0.5, 0.6) is 0 Å². The van der Waals surface area contributed by atoms with Gasteiger partial charge in [-0.3, -0.25) is 4.98 Å². The smallest absolute Gasteiger partial charge is 0.361 e. The van der Waals surface area contributed by atoms with E-state index in [0.29, 0.717) is 25.0 Å². The number of piperidine rings is 3. The maximum Gasteiger partial charge on any atom is 0.361 e. The van der Waals surface area contributed by atoms with Crippen LogP contribution < -0.4 is 0 Å². The molecule has 29 heavy (non-hydrogen) atoms.